The average Bonchev–Trinajstić information content (AvgIpc) is 3.33. The first kappa shape index (κ1) is 20.5. The van der Waals surface area contributed by atoms with Crippen LogP contribution < -0.4 is 11.1 Å². The molecule has 1 amide bonds. The minimum atomic E-state index is -0.191. The maximum atomic E-state index is 12.8. The quantitative estimate of drug-likeness (QED) is 0.661. The number of halogens is 2. The summed E-state index contributed by atoms with van der Waals surface area (Å²) in [5.74, 6) is 0.439. The van der Waals surface area contributed by atoms with Gasteiger partial charge in [-0.3, -0.25) is 4.79 Å². The van der Waals surface area contributed by atoms with Crippen LogP contribution in [0.5, 0.6) is 0 Å². The van der Waals surface area contributed by atoms with Gasteiger partial charge in [-0.25, -0.2) is 4.68 Å². The SMILES string of the molecule is Cl.NC1CCC(NC(=O)c2cc(-c3ccco3)n(-c3cccc(Cl)c3)n2)CC1. The molecule has 8 heteroatoms. The monoisotopic (exact) mass is 420 g/mol. The van der Waals surface area contributed by atoms with E-state index in [1.807, 2.05) is 18.2 Å². The first-order chi connectivity index (χ1) is 13.1. The van der Waals surface area contributed by atoms with Gasteiger partial charge in [-0.2, -0.15) is 5.10 Å². The van der Waals surface area contributed by atoms with E-state index in [1.165, 1.54) is 0 Å². The van der Waals surface area contributed by atoms with Gasteiger partial charge in [0, 0.05) is 23.2 Å². The van der Waals surface area contributed by atoms with E-state index in [2.05, 4.69) is 10.4 Å². The maximum absolute atomic E-state index is 12.8. The van der Waals surface area contributed by atoms with Gasteiger partial charge in [-0.15, -0.1) is 12.4 Å². The van der Waals surface area contributed by atoms with E-state index < -0.39 is 0 Å². The highest BCUT2D eigenvalue weighted by molar-refractivity contribution is 6.30. The zero-order chi connectivity index (χ0) is 18.8. The molecule has 28 heavy (non-hydrogen) atoms. The van der Waals surface area contributed by atoms with Crippen LogP contribution in [0.1, 0.15) is 36.2 Å². The number of amides is 1. The zero-order valence-corrected chi connectivity index (χ0v) is 16.7. The lowest BCUT2D eigenvalue weighted by molar-refractivity contribution is 0.0920. The molecule has 1 saturated carbocycles. The van der Waals surface area contributed by atoms with Crippen LogP contribution in [0, 0.1) is 0 Å². The highest BCUT2D eigenvalue weighted by Crippen LogP contribution is 2.26. The van der Waals surface area contributed by atoms with Gasteiger partial charge in [0.2, 0.25) is 0 Å². The number of aromatic nitrogens is 2. The van der Waals surface area contributed by atoms with Crippen molar-refractivity contribution >= 4 is 29.9 Å². The van der Waals surface area contributed by atoms with Gasteiger partial charge in [0.15, 0.2) is 11.5 Å². The average molecular weight is 421 g/mol. The fraction of sp³-hybridized carbons (Fsp3) is 0.300. The Kier molecular flexibility index (Phi) is 6.44. The number of hydrogen-bond acceptors (Lipinski definition) is 4. The topological polar surface area (TPSA) is 86.1 Å². The normalized spacial score (nSPS) is 19.1. The molecule has 0 radical (unpaired) electrons. The first-order valence-electron chi connectivity index (χ1n) is 9.06. The van der Waals surface area contributed by atoms with Crippen molar-refractivity contribution in [3.05, 3.63) is 59.4 Å². The summed E-state index contributed by atoms with van der Waals surface area (Å²) in [6.07, 6.45) is 5.24. The Hall–Kier alpha value is -2.28. The molecule has 0 saturated heterocycles. The van der Waals surface area contributed by atoms with Crippen LogP contribution in [0.4, 0.5) is 0 Å². The van der Waals surface area contributed by atoms with Crippen molar-refractivity contribution < 1.29 is 9.21 Å². The number of furan rings is 1. The number of carbonyl (C=O) groups excluding carboxylic acids is 1. The number of nitrogens with two attached hydrogens (primary N) is 1. The van der Waals surface area contributed by atoms with Crippen LogP contribution in [0.2, 0.25) is 5.02 Å². The Morgan fingerprint density at radius 2 is 1.96 bits per heavy atom. The third kappa shape index (κ3) is 4.41. The van der Waals surface area contributed by atoms with Crippen molar-refractivity contribution in [3.8, 4) is 17.1 Å². The minimum absolute atomic E-state index is 0. The van der Waals surface area contributed by atoms with Crippen molar-refractivity contribution in [2.45, 2.75) is 37.8 Å². The fourth-order valence-electron chi connectivity index (χ4n) is 3.42. The largest absolute Gasteiger partial charge is 0.463 e. The number of hydrogen-bond donors (Lipinski definition) is 2. The van der Waals surface area contributed by atoms with Crippen molar-refractivity contribution in [3.63, 3.8) is 0 Å². The Labute approximate surface area is 174 Å². The molecule has 2 aromatic heterocycles. The molecule has 0 unspecified atom stereocenters. The van der Waals surface area contributed by atoms with Crippen LogP contribution in [0.3, 0.4) is 0 Å². The molecule has 0 atom stereocenters. The summed E-state index contributed by atoms with van der Waals surface area (Å²) in [5.41, 5.74) is 7.74. The highest BCUT2D eigenvalue weighted by Gasteiger charge is 2.23. The molecule has 4 rings (SSSR count). The number of rotatable bonds is 4. The molecule has 148 valence electrons. The molecule has 3 N–H and O–H groups in total. The van der Waals surface area contributed by atoms with Gasteiger partial charge in [0.25, 0.3) is 5.91 Å². The van der Waals surface area contributed by atoms with Crippen LogP contribution in [0.25, 0.3) is 17.1 Å². The molecule has 0 bridgehead atoms. The smallest absolute Gasteiger partial charge is 0.272 e. The van der Waals surface area contributed by atoms with Crippen molar-refractivity contribution in [1.29, 1.82) is 0 Å². The molecule has 0 aliphatic heterocycles. The zero-order valence-electron chi connectivity index (χ0n) is 15.2. The van der Waals surface area contributed by atoms with Crippen molar-refractivity contribution in [2.75, 3.05) is 0 Å². The van der Waals surface area contributed by atoms with Crippen LogP contribution in [-0.2, 0) is 0 Å². The minimum Gasteiger partial charge on any atom is -0.463 e. The summed E-state index contributed by atoms with van der Waals surface area (Å²) in [6.45, 7) is 0. The first-order valence-corrected chi connectivity index (χ1v) is 9.44. The lowest BCUT2D eigenvalue weighted by Gasteiger charge is -2.26. The molecule has 0 spiro atoms. The summed E-state index contributed by atoms with van der Waals surface area (Å²) >= 11 is 6.13. The standard InChI is InChI=1S/C20H21ClN4O2.ClH/c21-13-3-1-4-16(11-13)25-18(19-5-2-10-27-19)12-17(24-25)20(26)23-15-8-6-14(22)7-9-15;/h1-5,10-12,14-15H,6-9,22H2,(H,23,26);1H. The summed E-state index contributed by atoms with van der Waals surface area (Å²) in [6, 6.07) is 13.1. The summed E-state index contributed by atoms with van der Waals surface area (Å²) in [5, 5.41) is 8.19. The molecule has 1 aliphatic rings. The lowest BCUT2D eigenvalue weighted by atomic mass is 9.92. The molecule has 3 aromatic rings. The Bertz CT molecular complexity index is 932. The highest BCUT2D eigenvalue weighted by atomic mass is 35.5. The van der Waals surface area contributed by atoms with E-state index in [9.17, 15) is 4.79 Å². The van der Waals surface area contributed by atoms with Gasteiger partial charge < -0.3 is 15.5 Å². The van der Waals surface area contributed by atoms with E-state index in [0.29, 0.717) is 22.2 Å². The predicted octanol–water partition coefficient (Wildman–Crippen LogP) is 4.21. The van der Waals surface area contributed by atoms with Crippen LogP contribution in [0.15, 0.2) is 53.1 Å². The summed E-state index contributed by atoms with van der Waals surface area (Å²) in [7, 11) is 0. The van der Waals surface area contributed by atoms with Gasteiger partial charge in [0.05, 0.1) is 12.0 Å². The maximum Gasteiger partial charge on any atom is 0.272 e. The Balaban J connectivity index is 0.00000225. The molecular formula is C20H22Cl2N4O2. The van der Waals surface area contributed by atoms with Crippen LogP contribution >= 0.6 is 24.0 Å². The predicted molar refractivity (Wildman–Crippen MR) is 111 cm³/mol. The van der Waals surface area contributed by atoms with Crippen molar-refractivity contribution in [1.82, 2.24) is 15.1 Å². The van der Waals surface area contributed by atoms with E-state index in [-0.39, 0.29) is 30.4 Å². The fourth-order valence-corrected chi connectivity index (χ4v) is 3.60. The van der Waals surface area contributed by atoms with E-state index >= 15 is 0 Å². The van der Waals surface area contributed by atoms with Gasteiger partial charge >= 0.3 is 0 Å². The Morgan fingerprint density at radius 1 is 1.18 bits per heavy atom. The summed E-state index contributed by atoms with van der Waals surface area (Å²) < 4.78 is 7.20. The van der Waals surface area contributed by atoms with Gasteiger partial charge in [-0.05, 0) is 56.0 Å². The third-order valence-electron chi connectivity index (χ3n) is 4.88. The molecule has 6 nitrogen and oxygen atoms in total. The second-order valence-electron chi connectivity index (χ2n) is 6.87. The van der Waals surface area contributed by atoms with E-state index in [0.717, 1.165) is 31.4 Å². The van der Waals surface area contributed by atoms with Crippen molar-refractivity contribution in [2.24, 2.45) is 5.73 Å². The summed E-state index contributed by atoms with van der Waals surface area (Å²) in [4.78, 5) is 12.8. The van der Waals surface area contributed by atoms with E-state index in [4.69, 9.17) is 21.8 Å². The molecular weight excluding hydrogens is 399 g/mol. The molecule has 1 aliphatic carbocycles. The molecule has 1 fully saturated rings. The number of benzene rings is 1. The second-order valence-corrected chi connectivity index (χ2v) is 7.31. The van der Waals surface area contributed by atoms with Gasteiger partial charge in [0.1, 0.15) is 5.69 Å². The number of carbonyl (C=O) groups is 1. The van der Waals surface area contributed by atoms with E-state index in [1.54, 1.807) is 35.2 Å². The number of nitrogens with one attached hydrogen (secondary N) is 1. The number of nitrogens with zero attached hydrogens (tertiary/aromatic N) is 2. The third-order valence-corrected chi connectivity index (χ3v) is 5.11. The molecule has 1 aromatic carbocycles. The lowest BCUT2D eigenvalue weighted by Crippen LogP contribution is -2.40. The van der Waals surface area contributed by atoms with Crippen LogP contribution in [-0.4, -0.2) is 27.8 Å². The van der Waals surface area contributed by atoms with Gasteiger partial charge in [-0.1, -0.05) is 17.7 Å². The molecule has 2 heterocycles. The Morgan fingerprint density at radius 3 is 2.64 bits per heavy atom. The second kappa shape index (κ2) is 8.82.